The number of benzene rings is 1. The first-order valence-electron chi connectivity index (χ1n) is 7.82. The van der Waals surface area contributed by atoms with E-state index in [2.05, 4.69) is 58.1 Å². The highest BCUT2D eigenvalue weighted by molar-refractivity contribution is 5.32. The Kier molecular flexibility index (Phi) is 4.67. The molecule has 3 atom stereocenters. The Morgan fingerprint density at radius 3 is 2.37 bits per heavy atom. The molecule has 1 aromatic carbocycles. The zero-order valence-electron chi connectivity index (χ0n) is 13.2. The van der Waals surface area contributed by atoms with Crippen molar-refractivity contribution >= 4 is 0 Å². The van der Waals surface area contributed by atoms with Crippen molar-refractivity contribution in [2.75, 3.05) is 0 Å². The molecule has 19 heavy (non-hydrogen) atoms. The second-order valence-electron chi connectivity index (χ2n) is 6.66. The van der Waals surface area contributed by atoms with Crippen LogP contribution in [-0.4, -0.2) is 6.04 Å². The summed E-state index contributed by atoms with van der Waals surface area (Å²) in [6, 6.07) is 7.91. The molecule has 1 N–H and O–H groups in total. The van der Waals surface area contributed by atoms with Gasteiger partial charge in [0.05, 0.1) is 0 Å². The van der Waals surface area contributed by atoms with Crippen molar-refractivity contribution in [3.05, 3.63) is 34.9 Å². The molecule has 0 saturated heterocycles. The van der Waals surface area contributed by atoms with E-state index in [9.17, 15) is 0 Å². The molecule has 2 rings (SSSR count). The van der Waals surface area contributed by atoms with Crippen LogP contribution >= 0.6 is 0 Å². The predicted molar refractivity (Wildman–Crippen MR) is 83.4 cm³/mol. The van der Waals surface area contributed by atoms with Crippen molar-refractivity contribution in [2.24, 2.45) is 11.8 Å². The van der Waals surface area contributed by atoms with Crippen LogP contribution in [0.2, 0.25) is 0 Å². The molecule has 1 heteroatoms. The maximum atomic E-state index is 3.90. The zero-order valence-corrected chi connectivity index (χ0v) is 13.2. The van der Waals surface area contributed by atoms with E-state index in [1.807, 2.05) is 0 Å². The SMILES string of the molecule is Cc1ccc(C)c(C(C)NC2C(C)CCCC2C)c1. The predicted octanol–water partition coefficient (Wildman–Crippen LogP) is 4.78. The van der Waals surface area contributed by atoms with Crippen LogP contribution in [-0.2, 0) is 0 Å². The molecule has 1 aliphatic rings. The fourth-order valence-electron chi connectivity index (χ4n) is 3.62. The van der Waals surface area contributed by atoms with Crippen molar-refractivity contribution in [1.29, 1.82) is 0 Å². The molecule has 106 valence electrons. The van der Waals surface area contributed by atoms with Crippen molar-refractivity contribution < 1.29 is 0 Å². The molecular formula is C18H29N. The van der Waals surface area contributed by atoms with E-state index < -0.39 is 0 Å². The highest BCUT2D eigenvalue weighted by Crippen LogP contribution is 2.31. The summed E-state index contributed by atoms with van der Waals surface area (Å²) < 4.78 is 0. The topological polar surface area (TPSA) is 12.0 Å². The van der Waals surface area contributed by atoms with Crippen LogP contribution in [0.15, 0.2) is 18.2 Å². The maximum Gasteiger partial charge on any atom is 0.0297 e. The lowest BCUT2D eigenvalue weighted by atomic mass is 9.78. The highest BCUT2D eigenvalue weighted by Gasteiger charge is 2.28. The molecule has 0 heterocycles. The molecule has 0 aliphatic heterocycles. The van der Waals surface area contributed by atoms with E-state index in [-0.39, 0.29) is 0 Å². The largest absolute Gasteiger partial charge is 0.307 e. The van der Waals surface area contributed by atoms with Gasteiger partial charge in [0.25, 0.3) is 0 Å². The number of hydrogen-bond donors (Lipinski definition) is 1. The van der Waals surface area contributed by atoms with Gasteiger partial charge in [-0.3, -0.25) is 0 Å². The summed E-state index contributed by atoms with van der Waals surface area (Å²) in [5, 5.41) is 3.90. The average Bonchev–Trinajstić information content (AvgIpc) is 2.37. The van der Waals surface area contributed by atoms with Crippen molar-refractivity contribution in [3.63, 3.8) is 0 Å². The third-order valence-electron chi connectivity index (χ3n) is 4.89. The van der Waals surface area contributed by atoms with E-state index in [4.69, 9.17) is 0 Å². The van der Waals surface area contributed by atoms with Gasteiger partial charge < -0.3 is 5.32 Å². The van der Waals surface area contributed by atoms with Crippen LogP contribution in [0, 0.1) is 25.7 Å². The third kappa shape index (κ3) is 3.39. The smallest absolute Gasteiger partial charge is 0.0297 e. The van der Waals surface area contributed by atoms with E-state index >= 15 is 0 Å². The van der Waals surface area contributed by atoms with Crippen LogP contribution in [0.4, 0.5) is 0 Å². The van der Waals surface area contributed by atoms with E-state index in [0.29, 0.717) is 12.1 Å². The second kappa shape index (κ2) is 6.09. The van der Waals surface area contributed by atoms with Crippen LogP contribution in [0.25, 0.3) is 0 Å². The minimum atomic E-state index is 0.452. The lowest BCUT2D eigenvalue weighted by Gasteiger charge is -2.37. The Hall–Kier alpha value is -0.820. The molecule has 0 aromatic heterocycles. The minimum Gasteiger partial charge on any atom is -0.307 e. The summed E-state index contributed by atoms with van der Waals surface area (Å²) in [7, 11) is 0. The van der Waals surface area contributed by atoms with Crippen LogP contribution in [0.5, 0.6) is 0 Å². The minimum absolute atomic E-state index is 0.452. The monoisotopic (exact) mass is 259 g/mol. The molecule has 0 bridgehead atoms. The van der Waals surface area contributed by atoms with Crippen LogP contribution in [0.3, 0.4) is 0 Å². The molecule has 1 fully saturated rings. The Morgan fingerprint density at radius 2 is 1.74 bits per heavy atom. The zero-order chi connectivity index (χ0) is 14.0. The Labute approximate surface area is 118 Å². The van der Waals surface area contributed by atoms with Gasteiger partial charge in [0.2, 0.25) is 0 Å². The van der Waals surface area contributed by atoms with Crippen molar-refractivity contribution in [2.45, 2.75) is 66.0 Å². The fraction of sp³-hybridized carbons (Fsp3) is 0.667. The van der Waals surface area contributed by atoms with E-state index in [1.165, 1.54) is 36.0 Å². The molecule has 1 aliphatic carbocycles. The number of nitrogens with one attached hydrogen (secondary N) is 1. The maximum absolute atomic E-state index is 3.90. The first kappa shape index (κ1) is 14.6. The first-order valence-corrected chi connectivity index (χ1v) is 7.82. The van der Waals surface area contributed by atoms with Gasteiger partial charge in [-0.15, -0.1) is 0 Å². The summed E-state index contributed by atoms with van der Waals surface area (Å²) in [5.41, 5.74) is 4.23. The Morgan fingerprint density at radius 1 is 1.11 bits per heavy atom. The highest BCUT2D eigenvalue weighted by atomic mass is 15.0. The molecule has 1 nitrogen and oxygen atoms in total. The summed E-state index contributed by atoms with van der Waals surface area (Å²) in [6.07, 6.45) is 4.15. The van der Waals surface area contributed by atoms with Crippen LogP contribution < -0.4 is 5.32 Å². The van der Waals surface area contributed by atoms with Gasteiger partial charge in [-0.2, -0.15) is 0 Å². The molecule has 3 unspecified atom stereocenters. The Bertz CT molecular complexity index is 414. The van der Waals surface area contributed by atoms with Crippen molar-refractivity contribution in [3.8, 4) is 0 Å². The quantitative estimate of drug-likeness (QED) is 0.824. The molecule has 1 saturated carbocycles. The van der Waals surface area contributed by atoms with Gasteiger partial charge in [0, 0.05) is 12.1 Å². The molecule has 0 spiro atoms. The molecular weight excluding hydrogens is 230 g/mol. The summed E-state index contributed by atoms with van der Waals surface area (Å²) in [6.45, 7) is 11.5. The van der Waals surface area contributed by atoms with Gasteiger partial charge >= 0.3 is 0 Å². The lowest BCUT2D eigenvalue weighted by molar-refractivity contribution is 0.196. The summed E-state index contributed by atoms with van der Waals surface area (Å²) >= 11 is 0. The fourth-order valence-corrected chi connectivity index (χ4v) is 3.62. The van der Waals surface area contributed by atoms with Gasteiger partial charge in [-0.25, -0.2) is 0 Å². The van der Waals surface area contributed by atoms with Gasteiger partial charge in [0.1, 0.15) is 0 Å². The van der Waals surface area contributed by atoms with E-state index in [0.717, 1.165) is 11.8 Å². The second-order valence-corrected chi connectivity index (χ2v) is 6.66. The third-order valence-corrected chi connectivity index (χ3v) is 4.89. The summed E-state index contributed by atoms with van der Waals surface area (Å²) in [4.78, 5) is 0. The standard InChI is InChI=1S/C18H29N/c1-12-9-10-13(2)17(11-12)16(5)19-18-14(3)7-6-8-15(18)4/h9-11,14-16,18-19H,6-8H2,1-5H3. The molecule has 0 radical (unpaired) electrons. The van der Waals surface area contributed by atoms with Gasteiger partial charge in [0.15, 0.2) is 0 Å². The van der Waals surface area contributed by atoms with Gasteiger partial charge in [-0.1, -0.05) is 44.0 Å². The van der Waals surface area contributed by atoms with Crippen LogP contribution in [0.1, 0.15) is 62.8 Å². The molecule has 1 aromatic rings. The number of rotatable bonds is 3. The number of hydrogen-bond acceptors (Lipinski definition) is 1. The normalized spacial score (nSPS) is 29.2. The van der Waals surface area contributed by atoms with E-state index in [1.54, 1.807) is 0 Å². The average molecular weight is 259 g/mol. The molecule has 0 amide bonds. The lowest BCUT2D eigenvalue weighted by Crippen LogP contribution is -2.44. The van der Waals surface area contributed by atoms with Crippen molar-refractivity contribution in [1.82, 2.24) is 5.32 Å². The first-order chi connectivity index (χ1) is 8.99. The number of aryl methyl sites for hydroxylation is 2. The summed E-state index contributed by atoms with van der Waals surface area (Å²) in [5.74, 6) is 1.60. The Balaban J connectivity index is 2.11. The van der Waals surface area contributed by atoms with Gasteiger partial charge in [-0.05, 0) is 56.6 Å².